The van der Waals surface area contributed by atoms with Crippen molar-refractivity contribution in [2.24, 2.45) is 0 Å². The third kappa shape index (κ3) is 2.06. The Bertz CT molecular complexity index is 679. The molecular formula is C16H18N2O2. The predicted octanol–water partition coefficient (Wildman–Crippen LogP) is 2.70. The number of nitrogens with zero attached hydrogens (tertiary/aromatic N) is 2. The molecule has 0 atom stereocenters. The van der Waals surface area contributed by atoms with Crippen LogP contribution in [0.4, 0.5) is 0 Å². The van der Waals surface area contributed by atoms with E-state index in [2.05, 4.69) is 23.7 Å². The van der Waals surface area contributed by atoms with Gasteiger partial charge in [0.15, 0.2) is 0 Å². The minimum Gasteiger partial charge on any atom is -0.478 e. The number of carbonyl (C=O) groups is 1. The van der Waals surface area contributed by atoms with Crippen molar-refractivity contribution in [1.82, 2.24) is 9.88 Å². The van der Waals surface area contributed by atoms with E-state index in [4.69, 9.17) is 0 Å². The number of pyridine rings is 1. The zero-order valence-electron chi connectivity index (χ0n) is 11.8. The van der Waals surface area contributed by atoms with Gasteiger partial charge in [-0.2, -0.15) is 0 Å². The van der Waals surface area contributed by atoms with Crippen LogP contribution in [0, 0.1) is 0 Å². The average molecular weight is 270 g/mol. The minimum absolute atomic E-state index is 0.439. The van der Waals surface area contributed by atoms with Gasteiger partial charge < -0.3 is 5.11 Å². The number of fused-ring (bicyclic) bond motifs is 2. The summed E-state index contributed by atoms with van der Waals surface area (Å²) in [6, 6.07) is 7.95. The third-order valence-electron chi connectivity index (χ3n) is 4.02. The van der Waals surface area contributed by atoms with E-state index in [9.17, 15) is 9.90 Å². The lowest BCUT2D eigenvalue weighted by Crippen LogP contribution is -2.37. The monoisotopic (exact) mass is 270 g/mol. The highest BCUT2D eigenvalue weighted by Gasteiger charge is 2.26. The molecule has 3 rings (SSSR count). The summed E-state index contributed by atoms with van der Waals surface area (Å²) in [6.45, 7) is 5.94. The lowest BCUT2D eigenvalue weighted by atomic mass is 9.94. The lowest BCUT2D eigenvalue weighted by Gasteiger charge is -2.32. The van der Waals surface area contributed by atoms with E-state index in [-0.39, 0.29) is 0 Å². The molecule has 1 aliphatic heterocycles. The average Bonchev–Trinajstić information content (AvgIpc) is 2.43. The van der Waals surface area contributed by atoms with Crippen molar-refractivity contribution in [3.8, 4) is 0 Å². The van der Waals surface area contributed by atoms with Crippen LogP contribution in [0.2, 0.25) is 0 Å². The fourth-order valence-electron chi connectivity index (χ4n) is 2.91. The number of carboxylic acid groups (broad SMARTS) is 1. The summed E-state index contributed by atoms with van der Waals surface area (Å²) >= 11 is 0. The molecule has 0 radical (unpaired) electrons. The molecule has 1 N–H and O–H groups in total. The van der Waals surface area contributed by atoms with Gasteiger partial charge in [0.05, 0.1) is 16.8 Å². The molecule has 1 aromatic heterocycles. The quantitative estimate of drug-likeness (QED) is 0.911. The van der Waals surface area contributed by atoms with Gasteiger partial charge in [0.2, 0.25) is 0 Å². The summed E-state index contributed by atoms with van der Waals surface area (Å²) in [5.41, 5.74) is 3.04. The molecule has 4 heteroatoms. The Morgan fingerprint density at radius 1 is 1.35 bits per heavy atom. The normalized spacial score (nSPS) is 15.6. The smallest absolute Gasteiger partial charge is 0.336 e. The van der Waals surface area contributed by atoms with Gasteiger partial charge in [0, 0.05) is 24.5 Å². The first-order valence-corrected chi connectivity index (χ1v) is 6.95. The second kappa shape index (κ2) is 4.87. The molecule has 0 spiro atoms. The van der Waals surface area contributed by atoms with Crippen molar-refractivity contribution in [3.05, 3.63) is 41.1 Å². The Labute approximate surface area is 118 Å². The van der Waals surface area contributed by atoms with E-state index in [1.165, 1.54) is 0 Å². The van der Waals surface area contributed by atoms with Gasteiger partial charge in [-0.25, -0.2) is 4.79 Å². The standard InChI is InChI=1S/C16H18N2O2/c1-10(2)18-8-7-12-14(9-18)17-13-6-4-3-5-11(13)15(12)16(19)20/h3-6,10H,7-9H2,1-2H3,(H,19,20). The van der Waals surface area contributed by atoms with Crippen LogP contribution in [0.1, 0.15) is 35.5 Å². The molecule has 0 aliphatic carbocycles. The molecule has 0 amide bonds. The molecule has 1 aromatic carbocycles. The van der Waals surface area contributed by atoms with Crippen LogP contribution in [0.15, 0.2) is 24.3 Å². The maximum atomic E-state index is 11.7. The molecule has 0 saturated carbocycles. The van der Waals surface area contributed by atoms with Crippen LogP contribution in [0.5, 0.6) is 0 Å². The number of para-hydroxylation sites is 1. The lowest BCUT2D eigenvalue weighted by molar-refractivity contribution is 0.0696. The minimum atomic E-state index is -0.849. The highest BCUT2D eigenvalue weighted by atomic mass is 16.4. The highest BCUT2D eigenvalue weighted by molar-refractivity contribution is 6.04. The number of aromatic nitrogens is 1. The Morgan fingerprint density at radius 2 is 2.10 bits per heavy atom. The highest BCUT2D eigenvalue weighted by Crippen LogP contribution is 2.28. The topological polar surface area (TPSA) is 53.4 Å². The fraction of sp³-hybridized carbons (Fsp3) is 0.375. The van der Waals surface area contributed by atoms with Crippen LogP contribution in [-0.2, 0) is 13.0 Å². The predicted molar refractivity (Wildman–Crippen MR) is 78.0 cm³/mol. The van der Waals surface area contributed by atoms with E-state index >= 15 is 0 Å². The first-order chi connectivity index (χ1) is 9.58. The fourth-order valence-corrected chi connectivity index (χ4v) is 2.91. The number of benzene rings is 1. The molecule has 0 saturated heterocycles. The number of rotatable bonds is 2. The number of hydrogen-bond acceptors (Lipinski definition) is 3. The number of carboxylic acids is 1. The summed E-state index contributed by atoms with van der Waals surface area (Å²) in [7, 11) is 0. The van der Waals surface area contributed by atoms with Crippen molar-refractivity contribution in [2.75, 3.05) is 6.54 Å². The molecule has 4 nitrogen and oxygen atoms in total. The van der Waals surface area contributed by atoms with Crippen LogP contribution in [0.3, 0.4) is 0 Å². The number of aromatic carboxylic acids is 1. The van der Waals surface area contributed by atoms with Crippen LogP contribution in [0.25, 0.3) is 10.9 Å². The molecule has 0 fully saturated rings. The van der Waals surface area contributed by atoms with E-state index in [0.717, 1.165) is 41.7 Å². The van der Waals surface area contributed by atoms with Crippen LogP contribution in [-0.4, -0.2) is 33.5 Å². The maximum Gasteiger partial charge on any atom is 0.336 e. The largest absolute Gasteiger partial charge is 0.478 e. The second-order valence-corrected chi connectivity index (χ2v) is 5.55. The van der Waals surface area contributed by atoms with Gasteiger partial charge >= 0.3 is 5.97 Å². The third-order valence-corrected chi connectivity index (χ3v) is 4.02. The van der Waals surface area contributed by atoms with Crippen molar-refractivity contribution < 1.29 is 9.90 Å². The Hall–Kier alpha value is -1.94. The molecular weight excluding hydrogens is 252 g/mol. The maximum absolute atomic E-state index is 11.7. The summed E-state index contributed by atoms with van der Waals surface area (Å²) in [4.78, 5) is 18.7. The Kier molecular flexibility index (Phi) is 3.18. The van der Waals surface area contributed by atoms with E-state index in [0.29, 0.717) is 11.6 Å². The second-order valence-electron chi connectivity index (χ2n) is 5.55. The first-order valence-electron chi connectivity index (χ1n) is 6.95. The number of hydrogen-bond donors (Lipinski definition) is 1. The van der Waals surface area contributed by atoms with Gasteiger partial charge in [-0.15, -0.1) is 0 Å². The van der Waals surface area contributed by atoms with Crippen molar-refractivity contribution in [2.45, 2.75) is 32.9 Å². The first kappa shape index (κ1) is 13.1. The van der Waals surface area contributed by atoms with E-state index < -0.39 is 5.97 Å². The van der Waals surface area contributed by atoms with Crippen LogP contribution < -0.4 is 0 Å². The zero-order valence-corrected chi connectivity index (χ0v) is 11.8. The summed E-state index contributed by atoms with van der Waals surface area (Å²) in [6.07, 6.45) is 0.757. The molecule has 0 unspecified atom stereocenters. The van der Waals surface area contributed by atoms with Crippen molar-refractivity contribution in [1.29, 1.82) is 0 Å². The van der Waals surface area contributed by atoms with Gasteiger partial charge in [0.25, 0.3) is 0 Å². The molecule has 104 valence electrons. The SMILES string of the molecule is CC(C)N1CCc2c(nc3ccccc3c2C(=O)O)C1. The summed E-state index contributed by atoms with van der Waals surface area (Å²) in [5.74, 6) is -0.849. The van der Waals surface area contributed by atoms with Crippen molar-refractivity contribution in [3.63, 3.8) is 0 Å². The molecule has 1 aliphatic rings. The van der Waals surface area contributed by atoms with Gasteiger partial charge in [-0.3, -0.25) is 9.88 Å². The van der Waals surface area contributed by atoms with Gasteiger partial charge in [-0.05, 0) is 31.9 Å². The van der Waals surface area contributed by atoms with E-state index in [1.807, 2.05) is 24.3 Å². The molecule has 20 heavy (non-hydrogen) atoms. The molecule has 2 aromatic rings. The molecule has 0 bridgehead atoms. The Balaban J connectivity index is 2.21. The van der Waals surface area contributed by atoms with Gasteiger partial charge in [0.1, 0.15) is 0 Å². The van der Waals surface area contributed by atoms with E-state index in [1.54, 1.807) is 0 Å². The van der Waals surface area contributed by atoms with Gasteiger partial charge in [-0.1, -0.05) is 18.2 Å². The summed E-state index contributed by atoms with van der Waals surface area (Å²) in [5, 5.41) is 10.3. The van der Waals surface area contributed by atoms with Crippen molar-refractivity contribution >= 4 is 16.9 Å². The summed E-state index contributed by atoms with van der Waals surface area (Å²) < 4.78 is 0. The molecule has 2 heterocycles. The Morgan fingerprint density at radius 3 is 2.80 bits per heavy atom. The van der Waals surface area contributed by atoms with Crippen LogP contribution >= 0.6 is 0 Å². The zero-order chi connectivity index (χ0) is 14.3.